The zero-order valence-electron chi connectivity index (χ0n) is 11.2. The third-order valence-corrected chi connectivity index (χ3v) is 3.38. The lowest BCUT2D eigenvalue weighted by molar-refractivity contribution is -0.123. The summed E-state index contributed by atoms with van der Waals surface area (Å²) in [5.74, 6) is 0.694. The summed E-state index contributed by atoms with van der Waals surface area (Å²) in [4.78, 5) is 12.0. The van der Waals surface area contributed by atoms with Crippen LogP contribution in [0.25, 0.3) is 0 Å². The van der Waals surface area contributed by atoms with Crippen molar-refractivity contribution in [1.82, 2.24) is 10.6 Å². The first-order chi connectivity index (χ1) is 9.10. The van der Waals surface area contributed by atoms with Gasteiger partial charge in [-0.15, -0.1) is 0 Å². The standard InChI is InChI=1S/C14H20N2O3/c1-9(10-4-3-5-12(6-10)19-2)16-14(18)13-7-11(17)8-15-13/h3-6,9,11,13,15,17H,7-8H2,1-2H3,(H,16,18)/t9-,11?,13?/m1/s1. The van der Waals surface area contributed by atoms with Crippen molar-refractivity contribution in [3.8, 4) is 5.75 Å². The van der Waals surface area contributed by atoms with Crippen molar-refractivity contribution in [2.45, 2.75) is 31.5 Å². The van der Waals surface area contributed by atoms with Crippen LogP contribution in [0.2, 0.25) is 0 Å². The average molecular weight is 264 g/mol. The minimum Gasteiger partial charge on any atom is -0.497 e. The summed E-state index contributed by atoms with van der Waals surface area (Å²) >= 11 is 0. The molecule has 1 aliphatic rings. The predicted molar refractivity (Wildman–Crippen MR) is 72.0 cm³/mol. The molecule has 0 spiro atoms. The van der Waals surface area contributed by atoms with Gasteiger partial charge in [-0.2, -0.15) is 0 Å². The molecule has 0 bridgehead atoms. The van der Waals surface area contributed by atoms with Gasteiger partial charge in [-0.05, 0) is 31.0 Å². The van der Waals surface area contributed by atoms with Crippen molar-refractivity contribution in [1.29, 1.82) is 0 Å². The SMILES string of the molecule is COc1cccc([C@@H](C)NC(=O)C2CC(O)CN2)c1. The van der Waals surface area contributed by atoms with Crippen LogP contribution in [-0.4, -0.2) is 36.8 Å². The second kappa shape index (κ2) is 6.04. The number of methoxy groups -OCH3 is 1. The lowest BCUT2D eigenvalue weighted by Gasteiger charge is -2.18. The number of ether oxygens (including phenoxy) is 1. The molecule has 0 radical (unpaired) electrons. The van der Waals surface area contributed by atoms with Gasteiger partial charge in [-0.1, -0.05) is 12.1 Å². The van der Waals surface area contributed by atoms with Gasteiger partial charge >= 0.3 is 0 Å². The van der Waals surface area contributed by atoms with E-state index in [9.17, 15) is 9.90 Å². The van der Waals surface area contributed by atoms with Crippen LogP contribution < -0.4 is 15.4 Å². The molecule has 2 rings (SSSR count). The number of benzene rings is 1. The molecular weight excluding hydrogens is 244 g/mol. The molecule has 104 valence electrons. The molecule has 0 saturated carbocycles. The van der Waals surface area contributed by atoms with Crippen molar-refractivity contribution in [3.05, 3.63) is 29.8 Å². The molecule has 5 heteroatoms. The van der Waals surface area contributed by atoms with Crippen LogP contribution >= 0.6 is 0 Å². The Hall–Kier alpha value is -1.59. The van der Waals surface area contributed by atoms with Crippen molar-refractivity contribution in [2.75, 3.05) is 13.7 Å². The van der Waals surface area contributed by atoms with Crippen LogP contribution in [0.5, 0.6) is 5.75 Å². The van der Waals surface area contributed by atoms with Gasteiger partial charge in [0.2, 0.25) is 5.91 Å². The molecule has 1 aromatic carbocycles. The van der Waals surface area contributed by atoms with Gasteiger partial charge in [0, 0.05) is 6.54 Å². The molecule has 1 amide bonds. The topological polar surface area (TPSA) is 70.6 Å². The Morgan fingerprint density at radius 1 is 1.58 bits per heavy atom. The van der Waals surface area contributed by atoms with Gasteiger partial charge in [0.1, 0.15) is 5.75 Å². The highest BCUT2D eigenvalue weighted by Crippen LogP contribution is 2.19. The fraction of sp³-hybridized carbons (Fsp3) is 0.500. The second-order valence-corrected chi connectivity index (χ2v) is 4.86. The predicted octanol–water partition coefficient (Wildman–Crippen LogP) is 0.595. The Balaban J connectivity index is 1.96. The molecule has 3 atom stereocenters. The summed E-state index contributed by atoms with van der Waals surface area (Å²) in [5, 5.41) is 15.3. The first-order valence-corrected chi connectivity index (χ1v) is 6.46. The third-order valence-electron chi connectivity index (χ3n) is 3.38. The average Bonchev–Trinajstić information content (AvgIpc) is 2.85. The number of hydrogen-bond acceptors (Lipinski definition) is 4. The van der Waals surface area contributed by atoms with Crippen molar-refractivity contribution in [2.24, 2.45) is 0 Å². The molecule has 5 nitrogen and oxygen atoms in total. The molecule has 0 aromatic heterocycles. The van der Waals surface area contributed by atoms with Crippen LogP contribution in [0.15, 0.2) is 24.3 Å². The molecule has 2 unspecified atom stereocenters. The lowest BCUT2D eigenvalue weighted by atomic mass is 10.1. The van der Waals surface area contributed by atoms with Crippen molar-refractivity contribution < 1.29 is 14.6 Å². The van der Waals surface area contributed by atoms with E-state index in [-0.39, 0.29) is 18.0 Å². The molecule has 1 fully saturated rings. The van der Waals surface area contributed by atoms with Gasteiger partial charge < -0.3 is 20.5 Å². The molecular formula is C14H20N2O3. The quantitative estimate of drug-likeness (QED) is 0.744. The lowest BCUT2D eigenvalue weighted by Crippen LogP contribution is -2.41. The molecule has 1 aliphatic heterocycles. The minimum absolute atomic E-state index is 0.0770. The fourth-order valence-corrected chi connectivity index (χ4v) is 2.22. The minimum atomic E-state index is -0.428. The maximum atomic E-state index is 12.0. The van der Waals surface area contributed by atoms with Crippen LogP contribution in [-0.2, 0) is 4.79 Å². The fourth-order valence-electron chi connectivity index (χ4n) is 2.22. The first-order valence-electron chi connectivity index (χ1n) is 6.46. The number of carbonyl (C=O) groups excluding carboxylic acids is 1. The Kier molecular flexibility index (Phi) is 4.39. The van der Waals surface area contributed by atoms with E-state index in [0.29, 0.717) is 13.0 Å². The maximum absolute atomic E-state index is 12.0. The zero-order valence-corrected chi connectivity index (χ0v) is 11.2. The van der Waals surface area contributed by atoms with E-state index in [4.69, 9.17) is 4.74 Å². The Labute approximate surface area is 113 Å². The van der Waals surface area contributed by atoms with Gasteiger partial charge in [-0.25, -0.2) is 0 Å². The summed E-state index contributed by atoms with van der Waals surface area (Å²) < 4.78 is 5.17. The monoisotopic (exact) mass is 264 g/mol. The van der Waals surface area contributed by atoms with Gasteiger partial charge in [-0.3, -0.25) is 4.79 Å². The molecule has 1 saturated heterocycles. The molecule has 1 heterocycles. The van der Waals surface area contributed by atoms with E-state index < -0.39 is 6.10 Å². The molecule has 0 aliphatic carbocycles. The molecule has 3 N–H and O–H groups in total. The van der Waals surface area contributed by atoms with Gasteiger partial charge in [0.05, 0.1) is 25.3 Å². The maximum Gasteiger partial charge on any atom is 0.237 e. The summed E-state index contributed by atoms with van der Waals surface area (Å²) in [6.07, 6.45) is 0.0410. The number of carbonyl (C=O) groups is 1. The highest BCUT2D eigenvalue weighted by molar-refractivity contribution is 5.82. The van der Waals surface area contributed by atoms with Crippen molar-refractivity contribution in [3.63, 3.8) is 0 Å². The smallest absolute Gasteiger partial charge is 0.237 e. The number of rotatable bonds is 4. The van der Waals surface area contributed by atoms with Gasteiger partial charge in [0.25, 0.3) is 0 Å². The molecule has 1 aromatic rings. The number of amides is 1. The zero-order chi connectivity index (χ0) is 13.8. The highest BCUT2D eigenvalue weighted by Gasteiger charge is 2.28. The number of β-amino-alcohol motifs (C(OH)–C–C–N with tert-alkyl or cyclic N) is 1. The highest BCUT2D eigenvalue weighted by atomic mass is 16.5. The normalized spacial score (nSPS) is 23.9. The Bertz CT molecular complexity index is 450. The van der Waals surface area contributed by atoms with E-state index in [1.165, 1.54) is 0 Å². The second-order valence-electron chi connectivity index (χ2n) is 4.86. The van der Waals surface area contributed by atoms with E-state index in [1.807, 2.05) is 31.2 Å². The van der Waals surface area contributed by atoms with E-state index in [0.717, 1.165) is 11.3 Å². The number of aliphatic hydroxyl groups excluding tert-OH is 1. The van der Waals surface area contributed by atoms with E-state index in [1.54, 1.807) is 7.11 Å². The third kappa shape index (κ3) is 3.45. The summed E-state index contributed by atoms with van der Waals surface area (Å²) in [6, 6.07) is 7.22. The summed E-state index contributed by atoms with van der Waals surface area (Å²) in [5.41, 5.74) is 0.992. The van der Waals surface area contributed by atoms with Crippen molar-refractivity contribution >= 4 is 5.91 Å². The number of nitrogens with one attached hydrogen (secondary N) is 2. The van der Waals surface area contributed by atoms with Gasteiger partial charge in [0.15, 0.2) is 0 Å². The number of aliphatic hydroxyl groups is 1. The van der Waals surface area contributed by atoms with E-state index >= 15 is 0 Å². The Morgan fingerprint density at radius 2 is 2.37 bits per heavy atom. The summed E-state index contributed by atoms with van der Waals surface area (Å²) in [6.45, 7) is 2.41. The van der Waals surface area contributed by atoms with Crippen LogP contribution in [0.1, 0.15) is 24.9 Å². The van der Waals surface area contributed by atoms with Crippen LogP contribution in [0.3, 0.4) is 0 Å². The number of hydrogen-bond donors (Lipinski definition) is 3. The van der Waals surface area contributed by atoms with E-state index in [2.05, 4.69) is 10.6 Å². The first kappa shape index (κ1) is 13.8. The largest absolute Gasteiger partial charge is 0.497 e. The van der Waals surface area contributed by atoms with Crippen LogP contribution in [0.4, 0.5) is 0 Å². The Morgan fingerprint density at radius 3 is 3.00 bits per heavy atom. The van der Waals surface area contributed by atoms with Crippen LogP contribution in [0, 0.1) is 0 Å². The summed E-state index contributed by atoms with van der Waals surface area (Å²) in [7, 11) is 1.62. The molecule has 19 heavy (non-hydrogen) atoms.